The molecule has 0 atom stereocenters. The van der Waals surface area contributed by atoms with Crippen LogP contribution < -0.4 is 5.32 Å². The zero-order valence-corrected chi connectivity index (χ0v) is 17.8. The van der Waals surface area contributed by atoms with E-state index in [2.05, 4.69) is 5.32 Å². The maximum Gasteiger partial charge on any atom is 0.294 e. The predicted octanol–water partition coefficient (Wildman–Crippen LogP) is 3.72. The number of nitrogens with one attached hydrogen (secondary N) is 1. The van der Waals surface area contributed by atoms with Crippen LogP contribution in [0.5, 0.6) is 5.75 Å². The van der Waals surface area contributed by atoms with Crippen LogP contribution in [0.25, 0.3) is 6.08 Å². The van der Waals surface area contributed by atoms with Crippen molar-refractivity contribution in [1.29, 1.82) is 0 Å². The number of halogens is 2. The van der Waals surface area contributed by atoms with Gasteiger partial charge in [-0.1, -0.05) is 6.07 Å². The molecule has 1 saturated heterocycles. The fraction of sp³-hybridized carbons (Fsp3) is 0.0556. The lowest BCUT2D eigenvalue weighted by Crippen LogP contribution is -2.36. The zero-order valence-electron chi connectivity index (χ0n) is 14.8. The van der Waals surface area contributed by atoms with Crippen molar-refractivity contribution < 1.29 is 28.8 Å². The van der Waals surface area contributed by atoms with Crippen LogP contribution in [0.4, 0.5) is 20.6 Å². The van der Waals surface area contributed by atoms with Gasteiger partial charge in [0.05, 0.1) is 13.4 Å². The Balaban J connectivity index is 1.79. The number of nitro groups is 1. The van der Waals surface area contributed by atoms with Gasteiger partial charge in [-0.15, -0.1) is 0 Å². The first-order valence-electron chi connectivity index (χ1n) is 8.13. The van der Waals surface area contributed by atoms with E-state index in [0.717, 1.165) is 24.3 Å². The van der Waals surface area contributed by atoms with E-state index in [1.54, 1.807) is 22.6 Å². The molecule has 2 aromatic carbocycles. The topological polar surface area (TPSA) is 130 Å². The molecule has 9 nitrogen and oxygen atoms in total. The van der Waals surface area contributed by atoms with Gasteiger partial charge >= 0.3 is 0 Å². The molecule has 2 aromatic rings. The number of nitro benzene ring substituents is 1. The van der Waals surface area contributed by atoms with E-state index in [9.17, 15) is 34.0 Å². The molecule has 1 heterocycles. The fourth-order valence-electron chi connectivity index (χ4n) is 2.51. The van der Waals surface area contributed by atoms with Crippen molar-refractivity contribution in [2.75, 3.05) is 11.9 Å². The van der Waals surface area contributed by atoms with E-state index >= 15 is 0 Å². The highest BCUT2D eigenvalue weighted by atomic mass is 127. The summed E-state index contributed by atoms with van der Waals surface area (Å²) in [6.45, 7) is -0.600. The number of carbonyl (C=O) groups excluding carboxylic acids is 3. The molecular formula is C18H11FIN3O6S. The van der Waals surface area contributed by atoms with Crippen molar-refractivity contribution >= 4 is 68.9 Å². The number of hydrogen-bond donors (Lipinski definition) is 2. The molecule has 0 unspecified atom stereocenters. The van der Waals surface area contributed by atoms with Crippen LogP contribution >= 0.6 is 34.4 Å². The van der Waals surface area contributed by atoms with Crippen molar-refractivity contribution in [3.8, 4) is 5.75 Å². The summed E-state index contributed by atoms with van der Waals surface area (Å²) in [4.78, 5) is 47.8. The van der Waals surface area contributed by atoms with Crippen molar-refractivity contribution in [2.24, 2.45) is 0 Å². The lowest BCUT2D eigenvalue weighted by Gasteiger charge is -2.12. The van der Waals surface area contributed by atoms with Gasteiger partial charge in [0.15, 0.2) is 0 Å². The molecule has 0 saturated carbocycles. The predicted molar refractivity (Wildman–Crippen MR) is 115 cm³/mol. The molecule has 154 valence electrons. The van der Waals surface area contributed by atoms with E-state index in [4.69, 9.17) is 0 Å². The van der Waals surface area contributed by atoms with Gasteiger partial charge in [0.2, 0.25) is 5.91 Å². The second-order valence-corrected chi connectivity index (χ2v) is 8.10. The van der Waals surface area contributed by atoms with Gasteiger partial charge in [-0.3, -0.25) is 29.4 Å². The van der Waals surface area contributed by atoms with Crippen LogP contribution in [0.2, 0.25) is 0 Å². The second-order valence-electron chi connectivity index (χ2n) is 5.95. The average Bonchev–Trinajstić information content (AvgIpc) is 2.92. The Morgan fingerprint density at radius 1 is 1.33 bits per heavy atom. The third-order valence-corrected chi connectivity index (χ3v) is 5.59. The van der Waals surface area contributed by atoms with Gasteiger partial charge < -0.3 is 10.4 Å². The molecule has 0 bridgehead atoms. The number of rotatable bonds is 5. The van der Waals surface area contributed by atoms with Gasteiger partial charge in [0.1, 0.15) is 18.1 Å². The third-order valence-electron chi connectivity index (χ3n) is 3.86. The normalized spacial score (nSPS) is 15.0. The molecule has 3 amide bonds. The maximum atomic E-state index is 13.2. The number of aromatic hydroxyl groups is 1. The van der Waals surface area contributed by atoms with E-state index in [0.29, 0.717) is 16.7 Å². The van der Waals surface area contributed by atoms with Gasteiger partial charge in [0.25, 0.3) is 16.8 Å². The number of anilines is 1. The van der Waals surface area contributed by atoms with Gasteiger partial charge in [0, 0.05) is 23.4 Å². The Kier molecular flexibility index (Phi) is 6.36. The molecule has 0 aliphatic carbocycles. The number of phenolic OH excluding ortho intramolecular Hbond substituents is 1. The fourth-order valence-corrected chi connectivity index (χ4v) is 3.97. The number of amides is 3. The number of carbonyl (C=O) groups is 3. The molecule has 0 radical (unpaired) electrons. The van der Waals surface area contributed by atoms with Crippen molar-refractivity contribution in [3.63, 3.8) is 0 Å². The number of phenols is 1. The lowest BCUT2D eigenvalue weighted by atomic mass is 10.1. The van der Waals surface area contributed by atoms with E-state index in [1.165, 1.54) is 18.2 Å². The molecule has 0 aromatic heterocycles. The lowest BCUT2D eigenvalue weighted by molar-refractivity contribution is -0.385. The van der Waals surface area contributed by atoms with Crippen LogP contribution in [0.3, 0.4) is 0 Å². The molecule has 1 aliphatic rings. The highest BCUT2D eigenvalue weighted by Gasteiger charge is 2.36. The molecule has 1 fully saturated rings. The van der Waals surface area contributed by atoms with E-state index in [-0.39, 0.29) is 31.2 Å². The molecule has 12 heteroatoms. The monoisotopic (exact) mass is 543 g/mol. The summed E-state index contributed by atoms with van der Waals surface area (Å²) in [6, 6.07) is 7.35. The van der Waals surface area contributed by atoms with Crippen molar-refractivity contribution in [2.45, 2.75) is 0 Å². The summed E-state index contributed by atoms with van der Waals surface area (Å²) >= 11 is 2.24. The van der Waals surface area contributed by atoms with Gasteiger partial charge in [-0.2, -0.15) is 0 Å². The third kappa shape index (κ3) is 4.76. The molecule has 30 heavy (non-hydrogen) atoms. The minimum atomic E-state index is -0.791. The largest absolute Gasteiger partial charge is 0.506 e. The van der Waals surface area contributed by atoms with E-state index in [1.807, 2.05) is 0 Å². The Bertz CT molecular complexity index is 1120. The highest BCUT2D eigenvalue weighted by Crippen LogP contribution is 2.36. The second kappa shape index (κ2) is 8.79. The van der Waals surface area contributed by atoms with Crippen LogP contribution in [0.1, 0.15) is 5.56 Å². The smallest absolute Gasteiger partial charge is 0.294 e. The summed E-state index contributed by atoms with van der Waals surface area (Å²) in [7, 11) is 0. The number of hydrogen-bond acceptors (Lipinski definition) is 7. The summed E-state index contributed by atoms with van der Waals surface area (Å²) in [5, 5.41) is 22.8. The Morgan fingerprint density at radius 2 is 2.07 bits per heavy atom. The SMILES string of the molecule is O=C(CN1C(=O)S/C(=C/c2cc([N+](=O)[O-])cc(I)c2O)C1=O)Nc1cccc(F)c1. The van der Waals surface area contributed by atoms with Crippen LogP contribution in [0, 0.1) is 19.5 Å². The van der Waals surface area contributed by atoms with Crippen LogP contribution in [0.15, 0.2) is 41.3 Å². The number of benzene rings is 2. The zero-order chi connectivity index (χ0) is 22.0. The summed E-state index contributed by atoms with van der Waals surface area (Å²) in [5.41, 5.74) is -0.140. The van der Waals surface area contributed by atoms with E-state index < -0.39 is 34.3 Å². The number of non-ortho nitro benzene ring substituents is 1. The average molecular weight is 543 g/mol. The molecular weight excluding hydrogens is 532 g/mol. The Labute approximate surface area is 186 Å². The van der Waals surface area contributed by atoms with Crippen molar-refractivity contribution in [1.82, 2.24) is 4.90 Å². The Morgan fingerprint density at radius 3 is 2.73 bits per heavy atom. The summed E-state index contributed by atoms with van der Waals surface area (Å²) in [6.07, 6.45) is 1.15. The van der Waals surface area contributed by atoms with Gasteiger partial charge in [-0.05, 0) is 58.6 Å². The van der Waals surface area contributed by atoms with Crippen molar-refractivity contribution in [3.05, 3.63) is 66.4 Å². The standard InChI is InChI=1S/C18H11FIN3O6S/c19-10-2-1-3-11(6-10)21-15(24)8-22-17(26)14(30-18(22)27)5-9-4-12(23(28)29)7-13(20)16(9)25/h1-7,25H,8H2,(H,21,24)/b14-5+. The quantitative estimate of drug-likeness (QED) is 0.255. The first kappa shape index (κ1) is 21.7. The van der Waals surface area contributed by atoms with Crippen LogP contribution in [-0.2, 0) is 9.59 Å². The molecule has 0 spiro atoms. The highest BCUT2D eigenvalue weighted by molar-refractivity contribution is 14.1. The molecule has 3 rings (SSSR count). The first-order chi connectivity index (χ1) is 14.2. The summed E-state index contributed by atoms with van der Waals surface area (Å²) < 4.78 is 13.4. The molecule has 2 N–H and O–H groups in total. The Hall–Kier alpha value is -3.00. The first-order valence-corrected chi connectivity index (χ1v) is 10.0. The maximum absolute atomic E-state index is 13.2. The van der Waals surface area contributed by atoms with Gasteiger partial charge in [-0.25, -0.2) is 4.39 Å². The molecule has 1 aliphatic heterocycles. The van der Waals surface area contributed by atoms with Crippen LogP contribution in [-0.4, -0.2) is 38.5 Å². The minimum absolute atomic E-state index is 0.0108. The number of thioether (sulfide) groups is 1. The minimum Gasteiger partial charge on any atom is -0.506 e. The number of imide groups is 1. The summed E-state index contributed by atoms with van der Waals surface area (Å²) in [5.74, 6) is -2.35. The number of nitrogens with zero attached hydrogens (tertiary/aromatic N) is 2.